The topological polar surface area (TPSA) is 62.6 Å². The van der Waals surface area contributed by atoms with Gasteiger partial charge in [0.15, 0.2) is 17.6 Å². The van der Waals surface area contributed by atoms with Crippen LogP contribution in [0.25, 0.3) is 0 Å². The van der Waals surface area contributed by atoms with Gasteiger partial charge in [0.25, 0.3) is 5.91 Å². The monoisotopic (exact) mass is 316 g/mol. The van der Waals surface area contributed by atoms with Crippen molar-refractivity contribution >= 4 is 5.91 Å². The van der Waals surface area contributed by atoms with Gasteiger partial charge in [0.05, 0.1) is 18.7 Å². The van der Waals surface area contributed by atoms with Crippen LogP contribution in [-0.2, 0) is 4.79 Å². The van der Waals surface area contributed by atoms with E-state index >= 15 is 0 Å². The molecule has 0 spiro atoms. The molecule has 1 aromatic carbocycles. The summed E-state index contributed by atoms with van der Waals surface area (Å²) in [5, 5.41) is 8.94. The van der Waals surface area contributed by atoms with Gasteiger partial charge in [0.1, 0.15) is 0 Å². The van der Waals surface area contributed by atoms with Crippen LogP contribution in [0.15, 0.2) is 18.2 Å². The predicted octanol–water partition coefficient (Wildman–Crippen LogP) is 3.12. The average molecular weight is 316 g/mol. The molecule has 124 valence electrons. The van der Waals surface area contributed by atoms with Crippen LogP contribution < -0.4 is 9.47 Å². The van der Waals surface area contributed by atoms with Crippen molar-refractivity contribution in [3.8, 4) is 17.6 Å². The number of hydrogen-bond donors (Lipinski definition) is 0. The molecule has 5 heteroatoms. The third-order valence-corrected chi connectivity index (χ3v) is 4.39. The maximum atomic E-state index is 12.8. The highest BCUT2D eigenvalue weighted by Gasteiger charge is 2.32. The third kappa shape index (κ3) is 3.76. The van der Waals surface area contributed by atoms with Gasteiger partial charge < -0.3 is 14.4 Å². The number of hydrogen-bond acceptors (Lipinski definition) is 4. The van der Waals surface area contributed by atoms with Crippen molar-refractivity contribution < 1.29 is 14.3 Å². The third-order valence-electron chi connectivity index (χ3n) is 4.39. The SMILES string of the molecule is COc1cc(C#N)ccc1O[C@H](C)C(=O)N1[C@H](C)CCC[C@@H]1C. The highest BCUT2D eigenvalue weighted by atomic mass is 16.5. The maximum absolute atomic E-state index is 12.8. The highest BCUT2D eigenvalue weighted by molar-refractivity contribution is 5.81. The van der Waals surface area contributed by atoms with Gasteiger partial charge in [-0.05, 0) is 52.2 Å². The number of nitriles is 1. The Balaban J connectivity index is 2.13. The minimum Gasteiger partial charge on any atom is -0.493 e. The van der Waals surface area contributed by atoms with Gasteiger partial charge in [-0.15, -0.1) is 0 Å². The molecule has 0 radical (unpaired) electrons. The largest absolute Gasteiger partial charge is 0.493 e. The Bertz CT molecular complexity index is 599. The number of amides is 1. The van der Waals surface area contributed by atoms with E-state index in [0.717, 1.165) is 19.3 Å². The summed E-state index contributed by atoms with van der Waals surface area (Å²) in [7, 11) is 1.52. The number of carbonyl (C=O) groups is 1. The number of carbonyl (C=O) groups excluding carboxylic acids is 1. The van der Waals surface area contributed by atoms with Gasteiger partial charge >= 0.3 is 0 Å². The van der Waals surface area contributed by atoms with Crippen molar-refractivity contribution in [2.45, 2.75) is 58.2 Å². The van der Waals surface area contributed by atoms with Gasteiger partial charge in [-0.25, -0.2) is 0 Å². The van der Waals surface area contributed by atoms with Gasteiger partial charge in [-0.1, -0.05) is 0 Å². The second-order valence-corrected chi connectivity index (χ2v) is 6.11. The molecule has 2 rings (SSSR count). The quantitative estimate of drug-likeness (QED) is 0.856. The van der Waals surface area contributed by atoms with E-state index < -0.39 is 6.10 Å². The number of rotatable bonds is 4. The number of nitrogens with zero attached hydrogens (tertiary/aromatic N) is 2. The molecular formula is C18H24N2O3. The predicted molar refractivity (Wildman–Crippen MR) is 87.4 cm³/mol. The smallest absolute Gasteiger partial charge is 0.263 e. The van der Waals surface area contributed by atoms with Crippen LogP contribution >= 0.6 is 0 Å². The fraction of sp³-hybridized carbons (Fsp3) is 0.556. The molecule has 1 saturated heterocycles. The average Bonchev–Trinajstić information content (AvgIpc) is 2.54. The summed E-state index contributed by atoms with van der Waals surface area (Å²) in [6.07, 6.45) is 2.62. The first-order valence-corrected chi connectivity index (χ1v) is 8.05. The van der Waals surface area contributed by atoms with Crippen molar-refractivity contribution in [1.82, 2.24) is 4.90 Å². The normalized spacial score (nSPS) is 22.1. The summed E-state index contributed by atoms with van der Waals surface area (Å²) in [5.41, 5.74) is 0.492. The zero-order valence-electron chi connectivity index (χ0n) is 14.2. The van der Waals surface area contributed by atoms with Crippen LogP contribution in [0.4, 0.5) is 0 Å². The maximum Gasteiger partial charge on any atom is 0.263 e. The Morgan fingerprint density at radius 1 is 1.30 bits per heavy atom. The van der Waals surface area contributed by atoms with E-state index in [1.54, 1.807) is 25.1 Å². The van der Waals surface area contributed by atoms with Crippen molar-refractivity contribution in [2.75, 3.05) is 7.11 Å². The first kappa shape index (κ1) is 17.1. The zero-order valence-corrected chi connectivity index (χ0v) is 14.2. The summed E-state index contributed by atoms with van der Waals surface area (Å²) in [6.45, 7) is 5.93. The molecule has 5 nitrogen and oxygen atoms in total. The minimum atomic E-state index is -0.597. The molecule has 0 saturated carbocycles. The molecule has 1 amide bonds. The van der Waals surface area contributed by atoms with Gasteiger partial charge in [-0.3, -0.25) is 4.79 Å². The van der Waals surface area contributed by atoms with E-state index in [2.05, 4.69) is 19.9 Å². The van der Waals surface area contributed by atoms with Gasteiger partial charge in [0, 0.05) is 18.2 Å². The molecule has 1 fully saturated rings. The Hall–Kier alpha value is -2.22. The molecule has 1 heterocycles. The summed E-state index contributed by atoms with van der Waals surface area (Å²) >= 11 is 0. The lowest BCUT2D eigenvalue weighted by molar-refractivity contribution is -0.144. The first-order chi connectivity index (χ1) is 11.0. The van der Waals surface area contributed by atoms with E-state index in [0.29, 0.717) is 17.1 Å². The molecule has 1 aliphatic rings. The molecule has 0 aliphatic carbocycles. The van der Waals surface area contributed by atoms with Crippen LogP contribution in [0.1, 0.15) is 45.6 Å². The number of piperidine rings is 1. The van der Waals surface area contributed by atoms with Crippen molar-refractivity contribution in [3.63, 3.8) is 0 Å². The summed E-state index contributed by atoms with van der Waals surface area (Å²) in [4.78, 5) is 14.7. The standard InChI is InChI=1S/C18H24N2O3/c1-12-6-5-7-13(2)20(12)18(21)14(3)23-16-9-8-15(11-19)10-17(16)22-4/h8-10,12-14H,5-7H2,1-4H3/t12-,13+,14-/m1/s1. The zero-order chi connectivity index (χ0) is 17.0. The van der Waals surface area contributed by atoms with Crippen LogP contribution in [0.3, 0.4) is 0 Å². The summed E-state index contributed by atoms with van der Waals surface area (Å²) in [5.74, 6) is 0.934. The number of methoxy groups -OCH3 is 1. The Labute approximate surface area is 137 Å². The molecule has 1 aliphatic heterocycles. The number of ether oxygens (including phenoxy) is 2. The Kier molecular flexibility index (Phi) is 5.49. The summed E-state index contributed by atoms with van der Waals surface area (Å²) < 4.78 is 11.1. The fourth-order valence-corrected chi connectivity index (χ4v) is 3.14. The Morgan fingerprint density at radius 2 is 1.96 bits per heavy atom. The van der Waals surface area contributed by atoms with E-state index in [4.69, 9.17) is 14.7 Å². The molecule has 0 unspecified atom stereocenters. The highest BCUT2D eigenvalue weighted by Crippen LogP contribution is 2.30. The lowest BCUT2D eigenvalue weighted by Crippen LogP contribution is -2.51. The van der Waals surface area contributed by atoms with E-state index in [9.17, 15) is 4.79 Å². The second kappa shape index (κ2) is 7.36. The molecule has 0 N–H and O–H groups in total. The second-order valence-electron chi connectivity index (χ2n) is 6.11. The van der Waals surface area contributed by atoms with Crippen molar-refractivity contribution in [2.24, 2.45) is 0 Å². The molecule has 3 atom stereocenters. The van der Waals surface area contributed by atoms with Crippen LogP contribution in [-0.4, -0.2) is 36.1 Å². The van der Waals surface area contributed by atoms with E-state index in [1.807, 2.05) is 4.90 Å². The lowest BCUT2D eigenvalue weighted by atomic mass is 9.97. The minimum absolute atomic E-state index is 0.00360. The van der Waals surface area contributed by atoms with Crippen LogP contribution in [0.5, 0.6) is 11.5 Å². The van der Waals surface area contributed by atoms with Crippen molar-refractivity contribution in [1.29, 1.82) is 5.26 Å². The molecule has 1 aromatic rings. The van der Waals surface area contributed by atoms with E-state index in [1.165, 1.54) is 7.11 Å². The molecule has 0 bridgehead atoms. The molecule has 0 aromatic heterocycles. The van der Waals surface area contributed by atoms with Gasteiger partial charge in [-0.2, -0.15) is 5.26 Å². The van der Waals surface area contributed by atoms with Crippen LogP contribution in [0.2, 0.25) is 0 Å². The molecule has 23 heavy (non-hydrogen) atoms. The molecular weight excluding hydrogens is 292 g/mol. The number of likely N-dealkylation sites (tertiary alicyclic amines) is 1. The lowest BCUT2D eigenvalue weighted by Gasteiger charge is -2.40. The fourth-order valence-electron chi connectivity index (χ4n) is 3.14. The Morgan fingerprint density at radius 3 is 2.52 bits per heavy atom. The summed E-state index contributed by atoms with van der Waals surface area (Å²) in [6, 6.07) is 7.46. The first-order valence-electron chi connectivity index (χ1n) is 8.05. The van der Waals surface area contributed by atoms with Crippen LogP contribution in [0, 0.1) is 11.3 Å². The van der Waals surface area contributed by atoms with E-state index in [-0.39, 0.29) is 18.0 Å². The van der Waals surface area contributed by atoms with Gasteiger partial charge in [0.2, 0.25) is 0 Å². The van der Waals surface area contributed by atoms with Crippen molar-refractivity contribution in [3.05, 3.63) is 23.8 Å². The number of benzene rings is 1.